The highest BCUT2D eigenvalue weighted by Crippen LogP contribution is 2.19. The number of benzene rings is 2. The van der Waals surface area contributed by atoms with E-state index in [0.717, 1.165) is 37.2 Å². The van der Waals surface area contributed by atoms with Crippen molar-refractivity contribution in [1.82, 2.24) is 14.4 Å². The summed E-state index contributed by atoms with van der Waals surface area (Å²) in [6.07, 6.45) is 0. The molecular formula is C20H21N3O2. The summed E-state index contributed by atoms with van der Waals surface area (Å²) < 4.78 is 1.98. The van der Waals surface area contributed by atoms with E-state index < -0.39 is 0 Å². The van der Waals surface area contributed by atoms with Gasteiger partial charge in [0.2, 0.25) is 5.91 Å². The number of nitrogens with zero attached hydrogens (tertiary/aromatic N) is 3. The van der Waals surface area contributed by atoms with Crippen molar-refractivity contribution in [2.45, 2.75) is 6.54 Å². The van der Waals surface area contributed by atoms with E-state index in [2.05, 4.69) is 11.9 Å². The molecule has 0 spiro atoms. The summed E-state index contributed by atoms with van der Waals surface area (Å²) in [5.41, 5.74) is 1.65. The first-order valence-corrected chi connectivity index (χ1v) is 8.62. The zero-order valence-electron chi connectivity index (χ0n) is 14.3. The van der Waals surface area contributed by atoms with Gasteiger partial charge in [-0.25, -0.2) is 0 Å². The lowest BCUT2D eigenvalue weighted by Gasteiger charge is -2.32. The fourth-order valence-electron chi connectivity index (χ4n) is 3.54. The fraction of sp³-hybridized carbons (Fsp3) is 0.300. The van der Waals surface area contributed by atoms with Crippen molar-refractivity contribution in [3.05, 3.63) is 58.8 Å². The summed E-state index contributed by atoms with van der Waals surface area (Å²) in [5, 5.41) is 1.32. The van der Waals surface area contributed by atoms with E-state index in [0.29, 0.717) is 10.8 Å². The highest BCUT2D eigenvalue weighted by atomic mass is 16.2. The van der Waals surface area contributed by atoms with Crippen LogP contribution in [0.25, 0.3) is 21.8 Å². The highest BCUT2D eigenvalue weighted by molar-refractivity contribution is 5.94. The van der Waals surface area contributed by atoms with Crippen LogP contribution < -0.4 is 5.43 Å². The average molecular weight is 335 g/mol. The maximum atomic E-state index is 12.9. The molecule has 1 fully saturated rings. The maximum Gasteiger partial charge on any atom is 0.242 e. The molecule has 4 rings (SSSR count). The summed E-state index contributed by atoms with van der Waals surface area (Å²) in [6, 6.07) is 15.1. The molecule has 1 amide bonds. The molecule has 0 atom stereocenters. The molecule has 128 valence electrons. The third-order valence-corrected chi connectivity index (χ3v) is 5.03. The number of carbonyl (C=O) groups is 1. The van der Waals surface area contributed by atoms with Crippen LogP contribution in [0.4, 0.5) is 0 Å². The molecule has 2 aromatic carbocycles. The van der Waals surface area contributed by atoms with Crippen LogP contribution in [0.1, 0.15) is 0 Å². The normalized spacial score (nSPS) is 15.8. The number of fused-ring (bicyclic) bond motifs is 2. The number of hydrogen-bond donors (Lipinski definition) is 0. The van der Waals surface area contributed by atoms with E-state index in [1.807, 2.05) is 58.0 Å². The first-order chi connectivity index (χ1) is 12.1. The largest absolute Gasteiger partial charge is 0.339 e. The lowest BCUT2D eigenvalue weighted by atomic mass is 10.1. The lowest BCUT2D eigenvalue weighted by Crippen LogP contribution is -2.48. The number of piperazine rings is 1. The van der Waals surface area contributed by atoms with Crippen molar-refractivity contribution >= 4 is 27.7 Å². The fourth-order valence-corrected chi connectivity index (χ4v) is 3.54. The monoisotopic (exact) mass is 335 g/mol. The number of para-hydroxylation sites is 2. The molecule has 1 aromatic heterocycles. The predicted molar refractivity (Wildman–Crippen MR) is 99.8 cm³/mol. The van der Waals surface area contributed by atoms with Crippen molar-refractivity contribution in [2.24, 2.45) is 0 Å². The van der Waals surface area contributed by atoms with Gasteiger partial charge < -0.3 is 14.4 Å². The van der Waals surface area contributed by atoms with E-state index in [1.54, 1.807) is 0 Å². The molecule has 0 radical (unpaired) electrons. The summed E-state index contributed by atoms with van der Waals surface area (Å²) >= 11 is 0. The molecule has 1 aliphatic rings. The van der Waals surface area contributed by atoms with Crippen LogP contribution >= 0.6 is 0 Å². The molecule has 5 nitrogen and oxygen atoms in total. The van der Waals surface area contributed by atoms with E-state index in [-0.39, 0.29) is 17.9 Å². The van der Waals surface area contributed by atoms with Gasteiger partial charge in [-0.15, -0.1) is 0 Å². The second-order valence-corrected chi connectivity index (χ2v) is 6.63. The Labute approximate surface area is 146 Å². The minimum atomic E-state index is 0.0227. The molecule has 1 aliphatic heterocycles. The van der Waals surface area contributed by atoms with Crippen LogP contribution in [0, 0.1) is 0 Å². The van der Waals surface area contributed by atoms with Crippen LogP contribution in [0.15, 0.2) is 53.3 Å². The minimum absolute atomic E-state index is 0.0227. The Bertz CT molecular complexity index is 941. The van der Waals surface area contributed by atoms with Crippen LogP contribution in [0.2, 0.25) is 0 Å². The van der Waals surface area contributed by atoms with Crippen molar-refractivity contribution in [1.29, 1.82) is 0 Å². The standard InChI is InChI=1S/C20H21N3O2/c1-21-10-12-22(13-11-21)19(24)14-23-17-8-4-2-6-15(17)20(25)16-7-3-5-9-18(16)23/h2-9H,10-14H2,1H3. The highest BCUT2D eigenvalue weighted by Gasteiger charge is 2.20. The Hall–Kier alpha value is -2.66. The number of amides is 1. The number of carbonyl (C=O) groups excluding carboxylic acids is 1. The van der Waals surface area contributed by atoms with Crippen LogP contribution in [-0.4, -0.2) is 53.5 Å². The third kappa shape index (κ3) is 2.81. The number of likely N-dealkylation sites (N-methyl/N-ethyl adjacent to an activating group) is 1. The molecule has 5 heteroatoms. The van der Waals surface area contributed by atoms with E-state index >= 15 is 0 Å². The second-order valence-electron chi connectivity index (χ2n) is 6.63. The Morgan fingerprint density at radius 3 is 1.96 bits per heavy atom. The minimum Gasteiger partial charge on any atom is -0.339 e. The molecule has 2 heterocycles. The first kappa shape index (κ1) is 15.8. The predicted octanol–water partition coefficient (Wildman–Crippen LogP) is 1.93. The van der Waals surface area contributed by atoms with Gasteiger partial charge in [0.15, 0.2) is 5.43 Å². The average Bonchev–Trinajstić information content (AvgIpc) is 2.65. The molecule has 3 aromatic rings. The smallest absolute Gasteiger partial charge is 0.242 e. The number of pyridine rings is 1. The molecule has 1 saturated heterocycles. The second kappa shape index (κ2) is 6.33. The quantitative estimate of drug-likeness (QED) is 0.672. The van der Waals surface area contributed by atoms with Crippen molar-refractivity contribution < 1.29 is 4.79 Å². The van der Waals surface area contributed by atoms with Gasteiger partial charge in [-0.1, -0.05) is 24.3 Å². The Morgan fingerprint density at radius 1 is 0.880 bits per heavy atom. The zero-order valence-corrected chi connectivity index (χ0v) is 14.3. The summed E-state index contributed by atoms with van der Waals surface area (Å²) in [4.78, 5) is 29.8. The van der Waals surface area contributed by atoms with Gasteiger partial charge in [-0.3, -0.25) is 9.59 Å². The van der Waals surface area contributed by atoms with Gasteiger partial charge in [-0.05, 0) is 31.3 Å². The Kier molecular flexibility index (Phi) is 4.01. The molecule has 0 saturated carbocycles. The maximum absolute atomic E-state index is 12.9. The molecule has 0 N–H and O–H groups in total. The number of aromatic nitrogens is 1. The summed E-state index contributed by atoms with van der Waals surface area (Å²) in [7, 11) is 2.07. The molecule has 0 unspecified atom stereocenters. The SMILES string of the molecule is CN1CCN(C(=O)Cn2c3ccccc3c(=O)c3ccccc32)CC1. The van der Waals surface area contributed by atoms with Gasteiger partial charge in [0, 0.05) is 37.0 Å². The van der Waals surface area contributed by atoms with Crippen molar-refractivity contribution in [3.8, 4) is 0 Å². The van der Waals surface area contributed by atoms with Crippen molar-refractivity contribution in [3.63, 3.8) is 0 Å². The molecule has 0 aliphatic carbocycles. The first-order valence-electron chi connectivity index (χ1n) is 8.62. The molecule has 25 heavy (non-hydrogen) atoms. The van der Waals surface area contributed by atoms with E-state index in [4.69, 9.17) is 0 Å². The molecular weight excluding hydrogens is 314 g/mol. The number of rotatable bonds is 2. The van der Waals surface area contributed by atoms with Gasteiger partial charge in [0.05, 0.1) is 11.0 Å². The van der Waals surface area contributed by atoms with Gasteiger partial charge in [0.1, 0.15) is 6.54 Å². The van der Waals surface area contributed by atoms with Gasteiger partial charge >= 0.3 is 0 Å². The summed E-state index contributed by atoms with van der Waals surface area (Å²) in [5.74, 6) is 0.104. The van der Waals surface area contributed by atoms with Crippen LogP contribution in [0.3, 0.4) is 0 Å². The van der Waals surface area contributed by atoms with Gasteiger partial charge in [-0.2, -0.15) is 0 Å². The van der Waals surface area contributed by atoms with Crippen LogP contribution in [0.5, 0.6) is 0 Å². The van der Waals surface area contributed by atoms with Crippen molar-refractivity contribution in [2.75, 3.05) is 33.2 Å². The van der Waals surface area contributed by atoms with E-state index in [9.17, 15) is 9.59 Å². The Balaban J connectivity index is 1.81. The van der Waals surface area contributed by atoms with Gasteiger partial charge in [0.25, 0.3) is 0 Å². The summed E-state index contributed by atoms with van der Waals surface area (Å²) in [6.45, 7) is 3.57. The number of hydrogen-bond acceptors (Lipinski definition) is 3. The van der Waals surface area contributed by atoms with Crippen LogP contribution in [-0.2, 0) is 11.3 Å². The van der Waals surface area contributed by atoms with E-state index in [1.165, 1.54) is 0 Å². The lowest BCUT2D eigenvalue weighted by molar-refractivity contribution is -0.133. The third-order valence-electron chi connectivity index (χ3n) is 5.03. The molecule has 0 bridgehead atoms. The zero-order chi connectivity index (χ0) is 17.4. The topological polar surface area (TPSA) is 45.5 Å². The Morgan fingerprint density at radius 2 is 1.40 bits per heavy atom.